The molecule has 0 spiro atoms. The third kappa shape index (κ3) is 3.12. The maximum absolute atomic E-state index is 11.9. The second kappa shape index (κ2) is 6.19. The smallest absolute Gasteiger partial charge is 0.268 e. The molecule has 0 radical (unpaired) electrons. The fraction of sp³-hybridized carbons (Fsp3) is 0.375. The summed E-state index contributed by atoms with van der Waals surface area (Å²) >= 11 is 0. The second-order valence-corrected chi connectivity index (χ2v) is 5.33. The Labute approximate surface area is 128 Å². The minimum absolute atomic E-state index is 0.168. The van der Waals surface area contributed by atoms with Gasteiger partial charge in [-0.15, -0.1) is 0 Å². The van der Waals surface area contributed by atoms with Crippen molar-refractivity contribution in [2.75, 3.05) is 14.2 Å². The summed E-state index contributed by atoms with van der Waals surface area (Å²) in [5, 5.41) is 10.0. The Morgan fingerprint density at radius 1 is 1.27 bits per heavy atom. The molecule has 2 aromatic rings. The molecule has 6 nitrogen and oxygen atoms in total. The first-order chi connectivity index (χ1) is 10.7. The summed E-state index contributed by atoms with van der Waals surface area (Å²) in [5.74, 6) is 1.39. The van der Waals surface area contributed by atoms with Gasteiger partial charge in [-0.1, -0.05) is 0 Å². The molecule has 1 fully saturated rings. The van der Waals surface area contributed by atoms with Crippen molar-refractivity contribution < 1.29 is 9.47 Å². The van der Waals surface area contributed by atoms with Crippen LogP contribution in [-0.2, 0) is 6.54 Å². The molecule has 0 aliphatic heterocycles. The highest BCUT2D eigenvalue weighted by atomic mass is 16.5. The van der Waals surface area contributed by atoms with Crippen LogP contribution < -0.4 is 20.3 Å². The van der Waals surface area contributed by atoms with E-state index in [1.807, 2.05) is 18.2 Å². The number of hydrogen-bond acceptors (Lipinski definition) is 5. The average molecular weight is 301 g/mol. The molecular formula is C16H19N3O3. The molecule has 0 unspecified atom stereocenters. The molecule has 0 bridgehead atoms. The van der Waals surface area contributed by atoms with Gasteiger partial charge in [0.15, 0.2) is 0 Å². The first kappa shape index (κ1) is 14.6. The van der Waals surface area contributed by atoms with E-state index in [9.17, 15) is 4.79 Å². The molecule has 0 atom stereocenters. The molecule has 1 aromatic heterocycles. The van der Waals surface area contributed by atoms with Gasteiger partial charge in [-0.05, 0) is 37.1 Å². The summed E-state index contributed by atoms with van der Waals surface area (Å²) in [4.78, 5) is 11.9. The Kier molecular flexibility index (Phi) is 4.11. The fourth-order valence-corrected chi connectivity index (χ4v) is 2.27. The molecule has 0 amide bonds. The number of aromatic nitrogens is 2. The number of rotatable bonds is 6. The number of hydrogen-bond donors (Lipinski definition) is 2. The van der Waals surface area contributed by atoms with Crippen LogP contribution in [0.1, 0.15) is 18.4 Å². The van der Waals surface area contributed by atoms with Gasteiger partial charge in [-0.3, -0.25) is 4.79 Å². The Hall–Kier alpha value is -2.34. The van der Waals surface area contributed by atoms with Crippen LogP contribution in [0.5, 0.6) is 11.5 Å². The van der Waals surface area contributed by atoms with Gasteiger partial charge in [0.2, 0.25) is 0 Å². The SMILES string of the molecule is COc1ccc(OC)c(-c2cc(CNC3CC3)c(=O)[nH]n2)c1. The Morgan fingerprint density at radius 2 is 2.09 bits per heavy atom. The molecule has 1 aliphatic carbocycles. The first-order valence-electron chi connectivity index (χ1n) is 7.25. The number of H-pyrrole nitrogens is 1. The Morgan fingerprint density at radius 3 is 2.77 bits per heavy atom. The molecule has 1 saturated carbocycles. The van der Waals surface area contributed by atoms with Crippen LogP contribution in [0.15, 0.2) is 29.1 Å². The highest BCUT2D eigenvalue weighted by Gasteiger charge is 2.21. The van der Waals surface area contributed by atoms with E-state index in [1.54, 1.807) is 20.3 Å². The number of methoxy groups -OCH3 is 2. The lowest BCUT2D eigenvalue weighted by molar-refractivity contribution is 0.404. The molecule has 2 N–H and O–H groups in total. The van der Waals surface area contributed by atoms with Crippen molar-refractivity contribution in [3.8, 4) is 22.8 Å². The number of nitrogens with zero attached hydrogens (tertiary/aromatic N) is 1. The summed E-state index contributed by atoms with van der Waals surface area (Å²) in [6.07, 6.45) is 2.36. The van der Waals surface area contributed by atoms with E-state index in [0.29, 0.717) is 35.3 Å². The van der Waals surface area contributed by atoms with Crippen LogP contribution in [0.2, 0.25) is 0 Å². The van der Waals surface area contributed by atoms with E-state index in [4.69, 9.17) is 9.47 Å². The highest BCUT2D eigenvalue weighted by molar-refractivity contribution is 5.69. The third-order valence-corrected chi connectivity index (χ3v) is 3.72. The van der Waals surface area contributed by atoms with Crippen LogP contribution in [0, 0.1) is 0 Å². The summed E-state index contributed by atoms with van der Waals surface area (Å²) < 4.78 is 10.6. The van der Waals surface area contributed by atoms with E-state index < -0.39 is 0 Å². The molecule has 1 aliphatic rings. The van der Waals surface area contributed by atoms with Crippen LogP contribution in [-0.4, -0.2) is 30.5 Å². The van der Waals surface area contributed by atoms with Crippen LogP contribution in [0.3, 0.4) is 0 Å². The van der Waals surface area contributed by atoms with Crippen LogP contribution in [0.25, 0.3) is 11.3 Å². The third-order valence-electron chi connectivity index (χ3n) is 3.72. The van der Waals surface area contributed by atoms with Crippen molar-refractivity contribution in [2.45, 2.75) is 25.4 Å². The number of ether oxygens (including phenoxy) is 2. The zero-order chi connectivity index (χ0) is 15.5. The van der Waals surface area contributed by atoms with E-state index in [1.165, 1.54) is 12.8 Å². The maximum atomic E-state index is 11.9. The van der Waals surface area contributed by atoms with Crippen LogP contribution in [0.4, 0.5) is 0 Å². The summed E-state index contributed by atoms with van der Waals surface area (Å²) in [5.41, 5.74) is 1.94. The molecule has 6 heteroatoms. The first-order valence-corrected chi connectivity index (χ1v) is 7.25. The zero-order valence-electron chi connectivity index (χ0n) is 12.7. The molecule has 116 valence electrons. The molecule has 1 heterocycles. The molecule has 0 saturated heterocycles. The van der Waals surface area contributed by atoms with E-state index in [2.05, 4.69) is 15.5 Å². The van der Waals surface area contributed by atoms with Gasteiger partial charge in [-0.25, -0.2) is 5.10 Å². The van der Waals surface area contributed by atoms with Gasteiger partial charge in [0.05, 0.1) is 19.9 Å². The van der Waals surface area contributed by atoms with E-state index >= 15 is 0 Å². The lowest BCUT2D eigenvalue weighted by Crippen LogP contribution is -2.23. The van der Waals surface area contributed by atoms with Crippen molar-refractivity contribution >= 4 is 0 Å². The fourth-order valence-electron chi connectivity index (χ4n) is 2.27. The average Bonchev–Trinajstić information content (AvgIpc) is 3.38. The lowest BCUT2D eigenvalue weighted by Gasteiger charge is -2.10. The van der Waals surface area contributed by atoms with Gasteiger partial charge in [-0.2, -0.15) is 5.10 Å². The predicted molar refractivity (Wildman–Crippen MR) is 83.3 cm³/mol. The van der Waals surface area contributed by atoms with Gasteiger partial charge in [0.25, 0.3) is 5.56 Å². The Balaban J connectivity index is 1.96. The minimum atomic E-state index is -0.168. The zero-order valence-corrected chi connectivity index (χ0v) is 12.7. The van der Waals surface area contributed by atoms with Gasteiger partial charge >= 0.3 is 0 Å². The standard InChI is InChI=1S/C16H19N3O3/c1-21-12-5-6-15(22-2)13(8-12)14-7-10(16(20)19-18-14)9-17-11-3-4-11/h5-8,11,17H,3-4,9H2,1-2H3,(H,19,20). The Bertz CT molecular complexity index is 723. The van der Waals surface area contributed by atoms with Crippen molar-refractivity contribution in [3.63, 3.8) is 0 Å². The van der Waals surface area contributed by atoms with Crippen molar-refractivity contribution in [1.29, 1.82) is 0 Å². The number of nitrogens with one attached hydrogen (secondary N) is 2. The van der Waals surface area contributed by atoms with Crippen LogP contribution >= 0.6 is 0 Å². The van der Waals surface area contributed by atoms with Gasteiger partial charge in [0, 0.05) is 23.7 Å². The van der Waals surface area contributed by atoms with Gasteiger partial charge in [0.1, 0.15) is 11.5 Å². The number of aromatic amines is 1. The predicted octanol–water partition coefficient (Wildman–Crippen LogP) is 1.71. The van der Waals surface area contributed by atoms with Crippen molar-refractivity contribution in [2.24, 2.45) is 0 Å². The highest BCUT2D eigenvalue weighted by Crippen LogP contribution is 2.32. The summed E-state index contributed by atoms with van der Waals surface area (Å²) in [6.45, 7) is 0.543. The van der Waals surface area contributed by atoms with E-state index in [-0.39, 0.29) is 5.56 Å². The molecule has 1 aromatic carbocycles. The quantitative estimate of drug-likeness (QED) is 0.849. The molecular weight excluding hydrogens is 282 g/mol. The second-order valence-electron chi connectivity index (χ2n) is 5.33. The van der Waals surface area contributed by atoms with Crippen molar-refractivity contribution in [3.05, 3.63) is 40.2 Å². The maximum Gasteiger partial charge on any atom is 0.268 e. The largest absolute Gasteiger partial charge is 0.497 e. The number of benzene rings is 1. The topological polar surface area (TPSA) is 76.2 Å². The summed E-state index contributed by atoms with van der Waals surface area (Å²) in [6, 6.07) is 7.83. The monoisotopic (exact) mass is 301 g/mol. The van der Waals surface area contributed by atoms with Crippen molar-refractivity contribution in [1.82, 2.24) is 15.5 Å². The van der Waals surface area contributed by atoms with E-state index in [0.717, 1.165) is 5.56 Å². The van der Waals surface area contributed by atoms with Gasteiger partial charge < -0.3 is 14.8 Å². The lowest BCUT2D eigenvalue weighted by atomic mass is 10.1. The summed E-state index contributed by atoms with van der Waals surface area (Å²) in [7, 11) is 3.21. The molecule has 22 heavy (non-hydrogen) atoms. The molecule has 3 rings (SSSR count). The minimum Gasteiger partial charge on any atom is -0.497 e. The normalized spacial score (nSPS) is 13.9.